The Morgan fingerprint density at radius 2 is 1.93 bits per heavy atom. The van der Waals surface area contributed by atoms with Gasteiger partial charge in [0.25, 0.3) is 0 Å². The summed E-state index contributed by atoms with van der Waals surface area (Å²) in [6, 6.07) is 18.0. The molecule has 2 N–H and O–H groups in total. The van der Waals surface area contributed by atoms with Crippen molar-refractivity contribution in [2.24, 2.45) is 0 Å². The minimum Gasteiger partial charge on any atom is -0.348 e. The molecule has 1 unspecified atom stereocenters. The largest absolute Gasteiger partial charge is 0.348 e. The molecule has 0 bridgehead atoms. The third-order valence-corrected chi connectivity index (χ3v) is 4.68. The molecule has 0 saturated heterocycles. The predicted molar refractivity (Wildman–Crippen MR) is 108 cm³/mol. The average Bonchev–Trinajstić information content (AvgIpc) is 3.44. The number of H-pyrrole nitrogens is 1. The minimum absolute atomic E-state index is 0.0866. The van der Waals surface area contributed by atoms with Gasteiger partial charge in [-0.2, -0.15) is 10.2 Å². The lowest BCUT2D eigenvalue weighted by molar-refractivity contribution is 0.854. The van der Waals surface area contributed by atoms with Gasteiger partial charge >= 0.3 is 0 Å². The summed E-state index contributed by atoms with van der Waals surface area (Å²) in [6.45, 7) is 2.08. The quantitative estimate of drug-likeness (QED) is 0.479. The average molecular weight is 383 g/mol. The minimum atomic E-state index is 0.0866. The van der Waals surface area contributed by atoms with Crippen LogP contribution in [0.5, 0.6) is 0 Å². The molecule has 0 saturated carbocycles. The van der Waals surface area contributed by atoms with E-state index in [9.17, 15) is 0 Å². The van der Waals surface area contributed by atoms with Gasteiger partial charge < -0.3 is 5.32 Å². The summed E-state index contributed by atoms with van der Waals surface area (Å²) in [5, 5.41) is 17.4. The number of nitrogens with zero attached hydrogens (tertiary/aromatic N) is 7. The number of hydrogen-bond acceptors (Lipinski definition) is 7. The van der Waals surface area contributed by atoms with Crippen molar-refractivity contribution in [3.63, 3.8) is 0 Å². The van der Waals surface area contributed by atoms with E-state index >= 15 is 0 Å². The van der Waals surface area contributed by atoms with Gasteiger partial charge in [-0.25, -0.2) is 9.97 Å². The molecule has 3 heterocycles. The predicted octanol–water partition coefficient (Wildman–Crippen LogP) is 3.17. The number of fused-ring (bicyclic) bond motifs is 1. The lowest BCUT2D eigenvalue weighted by Crippen LogP contribution is -2.10. The highest BCUT2D eigenvalue weighted by Crippen LogP contribution is 2.23. The van der Waals surface area contributed by atoms with Crippen LogP contribution in [-0.4, -0.2) is 40.1 Å². The third-order valence-electron chi connectivity index (χ3n) is 4.68. The van der Waals surface area contributed by atoms with E-state index in [1.54, 1.807) is 12.5 Å². The van der Waals surface area contributed by atoms with Crippen LogP contribution < -0.4 is 5.32 Å². The Bertz CT molecular complexity index is 1250. The fourth-order valence-corrected chi connectivity index (χ4v) is 3.19. The molecule has 0 aliphatic heterocycles. The number of aromatic nitrogens is 8. The maximum Gasteiger partial charge on any atom is 0.225 e. The molecular weight excluding hydrogens is 366 g/mol. The normalized spacial score (nSPS) is 12.2. The highest BCUT2D eigenvalue weighted by molar-refractivity contribution is 5.81. The van der Waals surface area contributed by atoms with Crippen LogP contribution in [0, 0.1) is 0 Å². The first-order valence-electron chi connectivity index (χ1n) is 9.14. The number of tetrazole rings is 1. The Hall–Kier alpha value is -4.14. The highest BCUT2D eigenvalue weighted by atomic mass is 15.5. The van der Waals surface area contributed by atoms with E-state index in [2.05, 4.69) is 59.9 Å². The molecule has 0 aliphatic carbocycles. The topological polar surface area (TPSA) is 110 Å². The van der Waals surface area contributed by atoms with E-state index in [4.69, 9.17) is 0 Å². The van der Waals surface area contributed by atoms with Crippen LogP contribution in [-0.2, 0) is 0 Å². The Kier molecular flexibility index (Phi) is 4.17. The number of rotatable bonds is 5. The molecule has 0 aliphatic rings. The Morgan fingerprint density at radius 3 is 2.76 bits per heavy atom. The molecule has 1 atom stereocenters. The summed E-state index contributed by atoms with van der Waals surface area (Å²) in [5.41, 5.74) is 3.76. The summed E-state index contributed by atoms with van der Waals surface area (Å²) in [4.78, 5) is 13.5. The fraction of sp³-hybridized carbons (Fsp3) is 0.100. The van der Waals surface area contributed by atoms with Gasteiger partial charge in [-0.05, 0) is 42.0 Å². The maximum atomic E-state index is 4.66. The van der Waals surface area contributed by atoms with Gasteiger partial charge in [0.15, 0.2) is 0 Å². The highest BCUT2D eigenvalue weighted by Gasteiger charge is 2.11. The van der Waals surface area contributed by atoms with Gasteiger partial charge in [0.1, 0.15) is 12.1 Å². The lowest BCUT2D eigenvalue weighted by atomic mass is 10.1. The Labute approximate surface area is 165 Å². The van der Waals surface area contributed by atoms with Gasteiger partial charge in [0.2, 0.25) is 11.8 Å². The maximum absolute atomic E-state index is 4.66. The number of aromatic amines is 1. The summed E-state index contributed by atoms with van der Waals surface area (Å²) < 4.78 is 1.93. The second kappa shape index (κ2) is 7.12. The van der Waals surface area contributed by atoms with E-state index in [1.807, 2.05) is 47.0 Å². The van der Waals surface area contributed by atoms with Crippen molar-refractivity contribution in [3.8, 4) is 17.2 Å². The number of nitrogens with one attached hydrogen (secondary N) is 2. The van der Waals surface area contributed by atoms with Gasteiger partial charge in [0, 0.05) is 11.8 Å². The molecule has 142 valence electrons. The number of benzene rings is 2. The zero-order chi connectivity index (χ0) is 19.6. The zero-order valence-electron chi connectivity index (χ0n) is 15.6. The second-order valence-electron chi connectivity index (χ2n) is 6.57. The second-order valence-corrected chi connectivity index (χ2v) is 6.57. The van der Waals surface area contributed by atoms with E-state index in [0.29, 0.717) is 11.8 Å². The van der Waals surface area contributed by atoms with Crippen molar-refractivity contribution < 1.29 is 0 Å². The van der Waals surface area contributed by atoms with E-state index in [0.717, 1.165) is 22.4 Å². The van der Waals surface area contributed by atoms with E-state index < -0.39 is 0 Å². The lowest BCUT2D eigenvalue weighted by Gasteiger charge is -2.14. The van der Waals surface area contributed by atoms with Gasteiger partial charge in [-0.1, -0.05) is 30.3 Å². The standard InChI is InChI=1S/C20H17N9/c1-13(14-5-3-2-4-6-14)23-20-21-10-9-18(24-20)29-12-22-16-11-15(7-8-17(16)29)19-25-27-28-26-19/h2-13H,1H3,(H,21,23,24)(H,25,26,27,28). The van der Waals surface area contributed by atoms with Gasteiger partial charge in [0.05, 0.1) is 17.1 Å². The summed E-state index contributed by atoms with van der Waals surface area (Å²) in [7, 11) is 0. The van der Waals surface area contributed by atoms with E-state index in [-0.39, 0.29) is 6.04 Å². The SMILES string of the molecule is CC(Nc1nccc(-n2cnc3cc(-c4nn[nH]n4)ccc32)n1)c1ccccc1. The van der Waals surface area contributed by atoms with Crippen molar-refractivity contribution in [2.75, 3.05) is 5.32 Å². The molecule has 5 rings (SSSR count). The number of hydrogen-bond donors (Lipinski definition) is 2. The van der Waals surface area contributed by atoms with Crippen molar-refractivity contribution in [1.82, 2.24) is 40.1 Å². The molecule has 0 radical (unpaired) electrons. The van der Waals surface area contributed by atoms with Crippen LogP contribution in [0.4, 0.5) is 5.95 Å². The first-order chi connectivity index (χ1) is 14.3. The zero-order valence-corrected chi connectivity index (χ0v) is 15.6. The van der Waals surface area contributed by atoms with Gasteiger partial charge in [-0.3, -0.25) is 4.57 Å². The smallest absolute Gasteiger partial charge is 0.225 e. The summed E-state index contributed by atoms with van der Waals surface area (Å²) >= 11 is 0. The number of imidazole rings is 1. The van der Waals surface area contributed by atoms with Crippen LogP contribution in [0.1, 0.15) is 18.5 Å². The van der Waals surface area contributed by atoms with Crippen LogP contribution in [0.15, 0.2) is 67.1 Å². The molecule has 9 nitrogen and oxygen atoms in total. The van der Waals surface area contributed by atoms with Crippen LogP contribution in [0.2, 0.25) is 0 Å². The fourth-order valence-electron chi connectivity index (χ4n) is 3.19. The molecule has 29 heavy (non-hydrogen) atoms. The van der Waals surface area contributed by atoms with Crippen molar-refractivity contribution in [2.45, 2.75) is 13.0 Å². The molecular formula is C20H17N9. The first-order valence-corrected chi connectivity index (χ1v) is 9.14. The van der Waals surface area contributed by atoms with E-state index in [1.165, 1.54) is 5.56 Å². The molecule has 0 fully saturated rings. The summed E-state index contributed by atoms with van der Waals surface area (Å²) in [6.07, 6.45) is 3.49. The van der Waals surface area contributed by atoms with Crippen LogP contribution >= 0.6 is 0 Å². The Morgan fingerprint density at radius 1 is 1.03 bits per heavy atom. The molecule has 9 heteroatoms. The van der Waals surface area contributed by atoms with Crippen LogP contribution in [0.25, 0.3) is 28.2 Å². The molecule has 5 aromatic rings. The van der Waals surface area contributed by atoms with Crippen molar-refractivity contribution >= 4 is 17.0 Å². The van der Waals surface area contributed by atoms with Crippen LogP contribution in [0.3, 0.4) is 0 Å². The summed E-state index contributed by atoms with van der Waals surface area (Å²) in [5.74, 6) is 1.83. The molecule has 0 spiro atoms. The number of anilines is 1. The molecule has 3 aromatic heterocycles. The first kappa shape index (κ1) is 17.0. The monoisotopic (exact) mass is 383 g/mol. The molecule has 0 amide bonds. The molecule has 2 aromatic carbocycles. The third kappa shape index (κ3) is 3.29. The van der Waals surface area contributed by atoms with Crippen molar-refractivity contribution in [1.29, 1.82) is 0 Å². The van der Waals surface area contributed by atoms with Gasteiger partial charge in [-0.15, -0.1) is 10.2 Å². The Balaban J connectivity index is 1.45. The van der Waals surface area contributed by atoms with Crippen molar-refractivity contribution in [3.05, 3.63) is 72.7 Å².